The number of aryl methyl sites for hydroxylation is 2. The average Bonchev–Trinajstić information content (AvgIpc) is 2.76. The van der Waals surface area contributed by atoms with Crippen LogP contribution in [0.25, 0.3) is 10.2 Å². The van der Waals surface area contributed by atoms with Gasteiger partial charge < -0.3 is 10.6 Å². The number of thiophene rings is 1. The number of fused-ring (bicyclic) bond motifs is 3. The molecule has 23 heavy (non-hydrogen) atoms. The van der Waals surface area contributed by atoms with Gasteiger partial charge in [0, 0.05) is 11.4 Å². The minimum absolute atomic E-state index is 0.233. The van der Waals surface area contributed by atoms with Gasteiger partial charge in [-0.1, -0.05) is 6.42 Å². The van der Waals surface area contributed by atoms with Crippen molar-refractivity contribution >= 4 is 33.3 Å². The highest BCUT2D eigenvalue weighted by molar-refractivity contribution is 7.18. The van der Waals surface area contributed by atoms with Crippen LogP contribution in [0.15, 0.2) is 6.33 Å². The Bertz CT molecular complexity index is 742. The third-order valence-electron chi connectivity index (χ3n) is 5.08. The highest BCUT2D eigenvalue weighted by atomic mass is 32.1. The van der Waals surface area contributed by atoms with E-state index in [1.165, 1.54) is 35.1 Å². The largest absolute Gasteiger partial charge is 0.368 e. The zero-order valence-corrected chi connectivity index (χ0v) is 14.1. The first-order chi connectivity index (χ1) is 11.3. The molecule has 1 fully saturated rings. The summed E-state index contributed by atoms with van der Waals surface area (Å²) in [5.41, 5.74) is 7.08. The molecular formula is C17H22N4OS. The molecule has 0 bridgehead atoms. The number of nitrogens with two attached hydrogens (primary N) is 1. The van der Waals surface area contributed by atoms with Crippen molar-refractivity contribution in [3.63, 3.8) is 0 Å². The monoisotopic (exact) mass is 330 g/mol. The number of aromatic nitrogens is 2. The molecule has 2 aliphatic rings. The van der Waals surface area contributed by atoms with Crippen LogP contribution in [0.2, 0.25) is 0 Å². The molecule has 1 saturated heterocycles. The maximum Gasteiger partial charge on any atom is 0.240 e. The first-order valence-electron chi connectivity index (χ1n) is 8.57. The lowest BCUT2D eigenvalue weighted by atomic mass is 10.0. The number of primary amides is 1. The molecule has 1 amide bonds. The number of hydrogen-bond donors (Lipinski definition) is 1. The Balaban J connectivity index is 1.86. The van der Waals surface area contributed by atoms with E-state index in [2.05, 4.69) is 14.9 Å². The molecule has 1 atom stereocenters. The Morgan fingerprint density at radius 1 is 1.17 bits per heavy atom. The molecular weight excluding hydrogens is 308 g/mol. The smallest absolute Gasteiger partial charge is 0.240 e. The third-order valence-corrected chi connectivity index (χ3v) is 6.28. The van der Waals surface area contributed by atoms with Crippen molar-refractivity contribution in [3.8, 4) is 0 Å². The number of carbonyl (C=O) groups is 1. The topological polar surface area (TPSA) is 72.1 Å². The predicted molar refractivity (Wildman–Crippen MR) is 92.9 cm³/mol. The van der Waals surface area contributed by atoms with Gasteiger partial charge in [-0.2, -0.15) is 0 Å². The van der Waals surface area contributed by atoms with Gasteiger partial charge in [0.05, 0.1) is 5.39 Å². The normalized spacial score (nSPS) is 21.9. The molecule has 4 rings (SSSR count). The lowest BCUT2D eigenvalue weighted by molar-refractivity contribution is -0.119. The Kier molecular flexibility index (Phi) is 3.93. The third kappa shape index (κ3) is 2.59. The SMILES string of the molecule is NC(=O)[C@@H]1CCCCN1c1ncnc2sc3c(c12)CCCCC3. The molecule has 0 radical (unpaired) electrons. The molecule has 2 aromatic rings. The molecule has 0 aromatic carbocycles. The minimum atomic E-state index is -0.238. The van der Waals surface area contributed by atoms with Crippen molar-refractivity contribution in [2.75, 3.05) is 11.4 Å². The summed E-state index contributed by atoms with van der Waals surface area (Å²) in [5.74, 6) is 0.690. The maximum atomic E-state index is 11.9. The van der Waals surface area contributed by atoms with Crippen LogP contribution < -0.4 is 10.6 Å². The van der Waals surface area contributed by atoms with Crippen molar-refractivity contribution < 1.29 is 4.79 Å². The molecule has 6 heteroatoms. The molecule has 2 N–H and O–H groups in total. The number of hydrogen-bond acceptors (Lipinski definition) is 5. The molecule has 5 nitrogen and oxygen atoms in total. The van der Waals surface area contributed by atoms with Gasteiger partial charge in [0.15, 0.2) is 0 Å². The summed E-state index contributed by atoms with van der Waals surface area (Å²) in [6.07, 6.45) is 10.6. The Labute approximate surface area is 139 Å². The molecule has 0 spiro atoms. The molecule has 3 heterocycles. The highest BCUT2D eigenvalue weighted by Crippen LogP contribution is 2.39. The molecule has 122 valence electrons. The van der Waals surface area contributed by atoms with Crippen molar-refractivity contribution in [1.29, 1.82) is 0 Å². The van der Waals surface area contributed by atoms with E-state index >= 15 is 0 Å². The quantitative estimate of drug-likeness (QED) is 0.860. The number of piperidine rings is 1. The molecule has 0 saturated carbocycles. The van der Waals surface area contributed by atoms with Gasteiger partial charge in [0.1, 0.15) is 23.0 Å². The summed E-state index contributed by atoms with van der Waals surface area (Å²) in [6.45, 7) is 0.852. The molecule has 2 aromatic heterocycles. The number of carbonyl (C=O) groups excluding carboxylic acids is 1. The van der Waals surface area contributed by atoms with Crippen LogP contribution in [0.4, 0.5) is 5.82 Å². The maximum absolute atomic E-state index is 11.9. The summed E-state index contributed by atoms with van der Waals surface area (Å²) in [7, 11) is 0. The zero-order valence-electron chi connectivity index (χ0n) is 13.3. The van der Waals surface area contributed by atoms with Gasteiger partial charge in [-0.25, -0.2) is 9.97 Å². The van der Waals surface area contributed by atoms with Crippen molar-refractivity contribution in [3.05, 3.63) is 16.8 Å². The van der Waals surface area contributed by atoms with Gasteiger partial charge in [-0.3, -0.25) is 4.79 Å². The predicted octanol–water partition coefficient (Wildman–Crippen LogP) is 2.80. The second-order valence-corrected chi connectivity index (χ2v) is 7.63. The summed E-state index contributed by atoms with van der Waals surface area (Å²) in [6, 6.07) is -0.233. The van der Waals surface area contributed by atoms with Gasteiger partial charge in [0.25, 0.3) is 0 Å². The standard InChI is InChI=1S/C17H22N4OS/c18-15(22)12-7-4-5-9-21(12)16-14-11-6-2-1-3-8-13(11)23-17(14)20-10-19-16/h10,12H,1-9H2,(H2,18,22)/t12-/m0/s1. The van der Waals surface area contributed by atoms with Crippen LogP contribution in [0, 0.1) is 0 Å². The minimum Gasteiger partial charge on any atom is -0.368 e. The summed E-state index contributed by atoms with van der Waals surface area (Å²) >= 11 is 1.81. The van der Waals surface area contributed by atoms with E-state index in [0.717, 1.165) is 49.3 Å². The van der Waals surface area contributed by atoms with Crippen LogP contribution in [-0.2, 0) is 17.6 Å². The van der Waals surface area contributed by atoms with Gasteiger partial charge >= 0.3 is 0 Å². The average molecular weight is 330 g/mol. The number of nitrogens with zero attached hydrogens (tertiary/aromatic N) is 3. The van der Waals surface area contributed by atoms with Gasteiger partial charge in [-0.15, -0.1) is 11.3 Å². The summed E-state index contributed by atoms with van der Waals surface area (Å²) in [5, 5.41) is 1.18. The van der Waals surface area contributed by atoms with E-state index in [9.17, 15) is 4.79 Å². The molecule has 1 aliphatic heterocycles. The van der Waals surface area contributed by atoms with Crippen LogP contribution >= 0.6 is 11.3 Å². The van der Waals surface area contributed by atoms with E-state index in [1.807, 2.05) is 0 Å². The second-order valence-electron chi connectivity index (χ2n) is 6.55. The Hall–Kier alpha value is -1.69. The lowest BCUT2D eigenvalue weighted by Crippen LogP contribution is -2.48. The fraction of sp³-hybridized carbons (Fsp3) is 0.588. The fourth-order valence-electron chi connectivity index (χ4n) is 3.95. The fourth-order valence-corrected chi connectivity index (χ4v) is 5.17. The van der Waals surface area contributed by atoms with Crippen LogP contribution in [0.1, 0.15) is 49.0 Å². The van der Waals surface area contributed by atoms with Gasteiger partial charge in [0.2, 0.25) is 5.91 Å². The number of anilines is 1. The number of rotatable bonds is 2. The van der Waals surface area contributed by atoms with Crippen molar-refractivity contribution in [2.45, 2.75) is 57.4 Å². The Morgan fingerprint density at radius 3 is 2.91 bits per heavy atom. The van der Waals surface area contributed by atoms with Crippen molar-refractivity contribution in [2.24, 2.45) is 5.73 Å². The van der Waals surface area contributed by atoms with E-state index < -0.39 is 0 Å². The van der Waals surface area contributed by atoms with Gasteiger partial charge in [-0.05, 0) is 50.5 Å². The molecule has 1 aliphatic carbocycles. The van der Waals surface area contributed by atoms with E-state index in [4.69, 9.17) is 5.73 Å². The molecule has 0 unspecified atom stereocenters. The highest BCUT2D eigenvalue weighted by Gasteiger charge is 2.31. The second kappa shape index (κ2) is 6.07. The first kappa shape index (κ1) is 14.9. The first-order valence-corrected chi connectivity index (χ1v) is 9.38. The van der Waals surface area contributed by atoms with E-state index in [-0.39, 0.29) is 11.9 Å². The Morgan fingerprint density at radius 2 is 2.04 bits per heavy atom. The summed E-state index contributed by atoms with van der Waals surface area (Å²) < 4.78 is 0. The van der Waals surface area contributed by atoms with Crippen LogP contribution in [-0.4, -0.2) is 28.5 Å². The zero-order chi connectivity index (χ0) is 15.8. The van der Waals surface area contributed by atoms with Crippen molar-refractivity contribution in [1.82, 2.24) is 9.97 Å². The number of amides is 1. The van der Waals surface area contributed by atoms with E-state index in [1.54, 1.807) is 17.7 Å². The van der Waals surface area contributed by atoms with Crippen LogP contribution in [0.3, 0.4) is 0 Å². The van der Waals surface area contributed by atoms with Crippen LogP contribution in [0.5, 0.6) is 0 Å². The van der Waals surface area contributed by atoms with E-state index in [0.29, 0.717) is 0 Å². The summed E-state index contributed by atoms with van der Waals surface area (Å²) in [4.78, 5) is 25.7. The lowest BCUT2D eigenvalue weighted by Gasteiger charge is -2.35.